The second-order valence-corrected chi connectivity index (χ2v) is 8.46. The summed E-state index contributed by atoms with van der Waals surface area (Å²) in [7, 11) is 0. The van der Waals surface area contributed by atoms with Crippen LogP contribution < -0.4 is 10.6 Å². The highest BCUT2D eigenvalue weighted by Gasteiger charge is 2.09. The highest BCUT2D eigenvalue weighted by atomic mass is 32.2. The lowest BCUT2D eigenvalue weighted by atomic mass is 10.0. The summed E-state index contributed by atoms with van der Waals surface area (Å²) in [5.74, 6) is 1.33. The molecular weight excluding hydrogens is 340 g/mol. The Morgan fingerprint density at radius 1 is 1.17 bits per heavy atom. The number of anilines is 2. The molecule has 0 aliphatic rings. The van der Waals surface area contributed by atoms with Gasteiger partial charge in [0.2, 0.25) is 11.0 Å². The van der Waals surface area contributed by atoms with Crippen molar-refractivity contribution in [1.82, 2.24) is 10.2 Å². The maximum absolute atomic E-state index is 12.0. The van der Waals surface area contributed by atoms with E-state index in [1.54, 1.807) is 0 Å². The molecule has 0 fully saturated rings. The van der Waals surface area contributed by atoms with Crippen molar-refractivity contribution in [3.05, 3.63) is 29.8 Å². The number of nitrogens with one attached hydrogen (secondary N) is 2. The van der Waals surface area contributed by atoms with E-state index in [2.05, 4.69) is 48.5 Å². The lowest BCUT2D eigenvalue weighted by Gasteiger charge is -2.08. The van der Waals surface area contributed by atoms with Crippen LogP contribution in [0.15, 0.2) is 28.6 Å². The molecule has 5 nitrogen and oxygen atoms in total. The first-order chi connectivity index (χ1) is 11.4. The standard InChI is InChI=1S/C17H24N4OS2/c1-11(2)9-18-16-20-21-17(24-16)23-10-15(22)19-14-7-5-13(6-8-14)12(3)4/h5-8,11-12H,9-10H2,1-4H3,(H,18,20)(H,19,22). The molecule has 0 saturated carbocycles. The highest BCUT2D eigenvalue weighted by Crippen LogP contribution is 2.25. The maximum Gasteiger partial charge on any atom is 0.234 e. The number of benzene rings is 1. The number of carbonyl (C=O) groups is 1. The van der Waals surface area contributed by atoms with Gasteiger partial charge in [-0.05, 0) is 29.5 Å². The van der Waals surface area contributed by atoms with Gasteiger partial charge in [-0.3, -0.25) is 4.79 Å². The first-order valence-corrected chi connectivity index (χ1v) is 9.84. The molecule has 1 amide bonds. The Balaban J connectivity index is 1.78. The van der Waals surface area contributed by atoms with Crippen LogP contribution >= 0.6 is 23.1 Å². The van der Waals surface area contributed by atoms with Crippen molar-refractivity contribution in [2.75, 3.05) is 22.9 Å². The zero-order chi connectivity index (χ0) is 17.5. The molecule has 0 aliphatic carbocycles. The minimum atomic E-state index is -0.0378. The van der Waals surface area contributed by atoms with E-state index in [1.165, 1.54) is 28.7 Å². The van der Waals surface area contributed by atoms with Crippen LogP contribution in [0.1, 0.15) is 39.2 Å². The van der Waals surface area contributed by atoms with Crippen molar-refractivity contribution in [3.63, 3.8) is 0 Å². The molecule has 1 aromatic carbocycles. The van der Waals surface area contributed by atoms with Crippen molar-refractivity contribution in [2.24, 2.45) is 5.92 Å². The molecule has 0 unspecified atom stereocenters. The highest BCUT2D eigenvalue weighted by molar-refractivity contribution is 8.01. The second-order valence-electron chi connectivity index (χ2n) is 6.26. The molecule has 0 spiro atoms. The number of nitrogens with zero attached hydrogens (tertiary/aromatic N) is 2. The van der Waals surface area contributed by atoms with Gasteiger partial charge in [-0.25, -0.2) is 0 Å². The molecule has 1 heterocycles. The van der Waals surface area contributed by atoms with Crippen LogP contribution in [0.4, 0.5) is 10.8 Å². The van der Waals surface area contributed by atoms with Gasteiger partial charge in [-0.2, -0.15) is 0 Å². The number of thioether (sulfide) groups is 1. The van der Waals surface area contributed by atoms with E-state index in [9.17, 15) is 4.79 Å². The summed E-state index contributed by atoms with van der Waals surface area (Å²) in [6.07, 6.45) is 0. The van der Waals surface area contributed by atoms with Crippen molar-refractivity contribution in [1.29, 1.82) is 0 Å². The van der Waals surface area contributed by atoms with E-state index in [4.69, 9.17) is 0 Å². The average Bonchev–Trinajstić information content (AvgIpc) is 2.99. The third-order valence-corrected chi connectivity index (χ3v) is 5.27. The first-order valence-electron chi connectivity index (χ1n) is 8.04. The van der Waals surface area contributed by atoms with Gasteiger partial charge in [0.1, 0.15) is 0 Å². The van der Waals surface area contributed by atoms with E-state index in [0.717, 1.165) is 21.7 Å². The smallest absolute Gasteiger partial charge is 0.234 e. The molecule has 24 heavy (non-hydrogen) atoms. The Morgan fingerprint density at radius 2 is 1.88 bits per heavy atom. The minimum absolute atomic E-state index is 0.0378. The van der Waals surface area contributed by atoms with E-state index in [1.807, 2.05) is 24.3 Å². The van der Waals surface area contributed by atoms with Crippen molar-refractivity contribution < 1.29 is 4.79 Å². The number of rotatable bonds is 8. The zero-order valence-corrected chi connectivity index (χ0v) is 16.1. The van der Waals surface area contributed by atoms with Gasteiger partial charge < -0.3 is 10.6 Å². The molecular formula is C17H24N4OS2. The predicted octanol–water partition coefficient (Wildman–Crippen LogP) is 4.46. The van der Waals surface area contributed by atoms with Gasteiger partial charge in [0, 0.05) is 12.2 Å². The number of aromatic nitrogens is 2. The summed E-state index contributed by atoms with van der Waals surface area (Å²) >= 11 is 2.88. The van der Waals surface area contributed by atoms with Crippen LogP contribution in [0.5, 0.6) is 0 Å². The van der Waals surface area contributed by atoms with Gasteiger partial charge >= 0.3 is 0 Å². The number of hydrogen-bond acceptors (Lipinski definition) is 6. The summed E-state index contributed by atoms with van der Waals surface area (Å²) < 4.78 is 0.798. The minimum Gasteiger partial charge on any atom is -0.360 e. The van der Waals surface area contributed by atoms with Gasteiger partial charge in [-0.15, -0.1) is 10.2 Å². The van der Waals surface area contributed by atoms with E-state index in [-0.39, 0.29) is 5.91 Å². The van der Waals surface area contributed by atoms with Gasteiger partial charge in [-0.1, -0.05) is 62.9 Å². The Labute approximate surface area is 151 Å². The summed E-state index contributed by atoms with van der Waals surface area (Å²) in [4.78, 5) is 12.0. The molecule has 0 saturated heterocycles. The Morgan fingerprint density at radius 3 is 2.50 bits per heavy atom. The normalized spacial score (nSPS) is 11.1. The molecule has 2 N–H and O–H groups in total. The molecule has 1 aromatic heterocycles. The van der Waals surface area contributed by atoms with Crippen LogP contribution in [0.3, 0.4) is 0 Å². The van der Waals surface area contributed by atoms with E-state index in [0.29, 0.717) is 17.6 Å². The van der Waals surface area contributed by atoms with Crippen LogP contribution in [-0.2, 0) is 4.79 Å². The number of hydrogen-bond donors (Lipinski definition) is 2. The Bertz CT molecular complexity index is 653. The average molecular weight is 365 g/mol. The number of carbonyl (C=O) groups excluding carboxylic acids is 1. The quantitative estimate of drug-likeness (QED) is 0.677. The Kier molecular flexibility index (Phi) is 7.05. The van der Waals surface area contributed by atoms with E-state index < -0.39 is 0 Å². The maximum atomic E-state index is 12.0. The van der Waals surface area contributed by atoms with Crippen molar-refractivity contribution in [3.8, 4) is 0 Å². The summed E-state index contributed by atoms with van der Waals surface area (Å²) in [6, 6.07) is 7.98. The SMILES string of the molecule is CC(C)CNc1nnc(SCC(=O)Nc2ccc(C(C)C)cc2)s1. The van der Waals surface area contributed by atoms with Crippen molar-refractivity contribution >= 4 is 39.8 Å². The molecule has 0 bridgehead atoms. The monoisotopic (exact) mass is 364 g/mol. The molecule has 7 heteroatoms. The topological polar surface area (TPSA) is 66.9 Å². The Hall–Kier alpha value is -1.60. The zero-order valence-electron chi connectivity index (χ0n) is 14.5. The molecule has 130 valence electrons. The summed E-state index contributed by atoms with van der Waals surface area (Å²) in [6.45, 7) is 9.45. The number of amides is 1. The molecule has 0 aliphatic heterocycles. The van der Waals surface area contributed by atoms with Crippen LogP contribution in [0.25, 0.3) is 0 Å². The third-order valence-electron chi connectivity index (χ3n) is 3.26. The van der Waals surface area contributed by atoms with Crippen LogP contribution in [0, 0.1) is 5.92 Å². The van der Waals surface area contributed by atoms with Crippen LogP contribution in [-0.4, -0.2) is 28.4 Å². The van der Waals surface area contributed by atoms with Crippen molar-refractivity contribution in [2.45, 2.75) is 38.0 Å². The largest absolute Gasteiger partial charge is 0.360 e. The fourth-order valence-corrected chi connectivity index (χ4v) is 3.47. The molecule has 2 rings (SSSR count). The fourth-order valence-electron chi connectivity index (χ4n) is 1.91. The fraction of sp³-hybridized carbons (Fsp3) is 0.471. The van der Waals surface area contributed by atoms with Gasteiger partial charge in [0.15, 0.2) is 4.34 Å². The van der Waals surface area contributed by atoms with Gasteiger partial charge in [0.05, 0.1) is 5.75 Å². The lowest BCUT2D eigenvalue weighted by molar-refractivity contribution is -0.113. The lowest BCUT2D eigenvalue weighted by Crippen LogP contribution is -2.13. The molecule has 2 aromatic rings. The first kappa shape index (κ1) is 18.7. The third kappa shape index (κ3) is 6.13. The predicted molar refractivity (Wildman–Crippen MR) is 103 cm³/mol. The van der Waals surface area contributed by atoms with Gasteiger partial charge in [0.25, 0.3) is 0 Å². The van der Waals surface area contributed by atoms with E-state index >= 15 is 0 Å². The van der Waals surface area contributed by atoms with Crippen LogP contribution in [0.2, 0.25) is 0 Å². The summed E-state index contributed by atoms with van der Waals surface area (Å²) in [5.41, 5.74) is 2.08. The molecule has 0 radical (unpaired) electrons. The second kappa shape index (κ2) is 9.03. The summed E-state index contributed by atoms with van der Waals surface area (Å²) in [5, 5.41) is 15.1. The molecule has 0 atom stereocenters.